The van der Waals surface area contributed by atoms with Crippen molar-refractivity contribution >= 4 is 23.2 Å². The molecule has 4 nitrogen and oxygen atoms in total. The summed E-state index contributed by atoms with van der Waals surface area (Å²) in [7, 11) is 0. The topological polar surface area (TPSA) is 50.4 Å². The predicted molar refractivity (Wildman–Crippen MR) is 83.2 cm³/mol. The van der Waals surface area contributed by atoms with E-state index in [1.165, 1.54) is 0 Å². The maximum absolute atomic E-state index is 11.7. The lowest BCUT2D eigenvalue weighted by atomic mass is 10.1. The largest absolute Gasteiger partial charge is 0.380 e. The Morgan fingerprint density at radius 1 is 1.30 bits per heavy atom. The van der Waals surface area contributed by atoms with Crippen molar-refractivity contribution in [1.82, 2.24) is 5.32 Å². The average molecular weight is 299 g/mol. The highest BCUT2D eigenvalue weighted by Crippen LogP contribution is 2.19. The second kappa shape index (κ2) is 9.75. The molecular formula is C15H23ClN2O2. The average Bonchev–Trinajstić information content (AvgIpc) is 2.40. The van der Waals surface area contributed by atoms with Crippen LogP contribution in [0.3, 0.4) is 0 Å². The first kappa shape index (κ1) is 17.0. The normalized spacial score (nSPS) is 10.8. The molecule has 0 heterocycles. The van der Waals surface area contributed by atoms with Gasteiger partial charge in [-0.1, -0.05) is 37.6 Å². The zero-order valence-corrected chi connectivity index (χ0v) is 12.9. The zero-order valence-electron chi connectivity index (χ0n) is 12.1. The first-order valence-electron chi connectivity index (χ1n) is 6.92. The second-order valence-electron chi connectivity index (χ2n) is 5.00. The summed E-state index contributed by atoms with van der Waals surface area (Å²) < 4.78 is 5.45. The quantitative estimate of drug-likeness (QED) is 0.689. The smallest absolute Gasteiger partial charge is 0.238 e. The van der Waals surface area contributed by atoms with Gasteiger partial charge in [0.2, 0.25) is 5.91 Å². The van der Waals surface area contributed by atoms with E-state index in [1.807, 2.05) is 12.1 Å². The van der Waals surface area contributed by atoms with E-state index < -0.39 is 0 Å². The molecular weight excluding hydrogens is 276 g/mol. The summed E-state index contributed by atoms with van der Waals surface area (Å²) in [6.45, 7) is 6.63. The third-order valence-corrected chi connectivity index (χ3v) is 3.03. The van der Waals surface area contributed by atoms with E-state index in [0.717, 1.165) is 13.0 Å². The van der Waals surface area contributed by atoms with E-state index in [1.54, 1.807) is 12.1 Å². The number of carbonyl (C=O) groups is 1. The van der Waals surface area contributed by atoms with E-state index in [2.05, 4.69) is 24.5 Å². The van der Waals surface area contributed by atoms with E-state index in [-0.39, 0.29) is 12.5 Å². The fraction of sp³-hybridized carbons (Fsp3) is 0.533. The molecule has 0 unspecified atom stereocenters. The fourth-order valence-corrected chi connectivity index (χ4v) is 1.71. The number of hydrogen-bond donors (Lipinski definition) is 2. The summed E-state index contributed by atoms with van der Waals surface area (Å²) >= 11 is 5.96. The molecule has 112 valence electrons. The SMILES string of the molecule is CC(C)CCOCCNCC(=O)Nc1ccccc1Cl. The Balaban J connectivity index is 2.08. The number of ether oxygens (including phenoxy) is 1. The number of nitrogens with one attached hydrogen (secondary N) is 2. The van der Waals surface area contributed by atoms with Gasteiger partial charge in [0.15, 0.2) is 0 Å². The summed E-state index contributed by atoms with van der Waals surface area (Å²) in [6.07, 6.45) is 1.06. The van der Waals surface area contributed by atoms with E-state index >= 15 is 0 Å². The molecule has 0 fully saturated rings. The number of rotatable bonds is 9. The Labute approximate surface area is 125 Å². The highest BCUT2D eigenvalue weighted by atomic mass is 35.5. The van der Waals surface area contributed by atoms with Crippen molar-refractivity contribution in [2.24, 2.45) is 5.92 Å². The van der Waals surface area contributed by atoms with Crippen LogP contribution in [-0.4, -0.2) is 32.2 Å². The maximum atomic E-state index is 11.7. The monoisotopic (exact) mass is 298 g/mol. The molecule has 0 spiro atoms. The van der Waals surface area contributed by atoms with Crippen LogP contribution in [0.4, 0.5) is 5.69 Å². The first-order valence-corrected chi connectivity index (χ1v) is 7.30. The number of carbonyl (C=O) groups excluding carboxylic acids is 1. The molecule has 0 aromatic heterocycles. The Morgan fingerprint density at radius 3 is 2.75 bits per heavy atom. The van der Waals surface area contributed by atoms with Crippen LogP contribution < -0.4 is 10.6 Å². The van der Waals surface area contributed by atoms with Crippen LogP contribution >= 0.6 is 11.6 Å². The van der Waals surface area contributed by atoms with Crippen LogP contribution in [0.5, 0.6) is 0 Å². The van der Waals surface area contributed by atoms with Crippen molar-refractivity contribution in [3.05, 3.63) is 29.3 Å². The van der Waals surface area contributed by atoms with Gasteiger partial charge in [-0.2, -0.15) is 0 Å². The van der Waals surface area contributed by atoms with Gasteiger partial charge in [0.05, 0.1) is 23.9 Å². The van der Waals surface area contributed by atoms with Crippen molar-refractivity contribution in [3.8, 4) is 0 Å². The van der Waals surface area contributed by atoms with E-state index in [0.29, 0.717) is 29.8 Å². The number of benzene rings is 1. The number of amides is 1. The van der Waals surface area contributed by atoms with Gasteiger partial charge in [0.25, 0.3) is 0 Å². The molecule has 20 heavy (non-hydrogen) atoms. The molecule has 0 radical (unpaired) electrons. The third-order valence-electron chi connectivity index (χ3n) is 2.70. The van der Waals surface area contributed by atoms with Crippen LogP contribution in [0.2, 0.25) is 5.02 Å². The number of hydrogen-bond acceptors (Lipinski definition) is 3. The van der Waals surface area contributed by atoms with Crippen LogP contribution in [0.25, 0.3) is 0 Å². The molecule has 0 saturated carbocycles. The summed E-state index contributed by atoms with van der Waals surface area (Å²) in [6, 6.07) is 7.17. The molecule has 1 rings (SSSR count). The highest BCUT2D eigenvalue weighted by Gasteiger charge is 2.04. The predicted octanol–water partition coefficient (Wildman–Crippen LogP) is 2.93. The van der Waals surface area contributed by atoms with E-state index in [4.69, 9.17) is 16.3 Å². The Bertz CT molecular complexity index is 411. The minimum absolute atomic E-state index is 0.111. The van der Waals surface area contributed by atoms with Gasteiger partial charge in [-0.15, -0.1) is 0 Å². The minimum Gasteiger partial charge on any atom is -0.380 e. The van der Waals surface area contributed by atoms with Gasteiger partial charge in [-0.05, 0) is 24.5 Å². The van der Waals surface area contributed by atoms with Crippen LogP contribution in [0, 0.1) is 5.92 Å². The van der Waals surface area contributed by atoms with Crippen LogP contribution in [-0.2, 0) is 9.53 Å². The lowest BCUT2D eigenvalue weighted by Gasteiger charge is -2.09. The molecule has 0 aliphatic rings. The molecule has 0 atom stereocenters. The molecule has 5 heteroatoms. The molecule has 0 bridgehead atoms. The second-order valence-corrected chi connectivity index (χ2v) is 5.41. The number of para-hydroxylation sites is 1. The highest BCUT2D eigenvalue weighted by molar-refractivity contribution is 6.33. The fourth-order valence-electron chi connectivity index (χ4n) is 1.52. The Morgan fingerprint density at radius 2 is 2.05 bits per heavy atom. The van der Waals surface area contributed by atoms with Crippen molar-refractivity contribution in [3.63, 3.8) is 0 Å². The lowest BCUT2D eigenvalue weighted by Crippen LogP contribution is -2.30. The van der Waals surface area contributed by atoms with Crippen LogP contribution in [0.15, 0.2) is 24.3 Å². The molecule has 0 saturated heterocycles. The van der Waals surface area contributed by atoms with Crippen LogP contribution in [0.1, 0.15) is 20.3 Å². The standard InChI is InChI=1S/C15H23ClN2O2/c1-12(2)7-9-20-10-8-17-11-15(19)18-14-6-4-3-5-13(14)16/h3-6,12,17H,7-11H2,1-2H3,(H,18,19). The maximum Gasteiger partial charge on any atom is 0.238 e. The zero-order chi connectivity index (χ0) is 14.8. The number of halogens is 1. The van der Waals surface area contributed by atoms with Crippen molar-refractivity contribution in [2.45, 2.75) is 20.3 Å². The Kier molecular flexibility index (Phi) is 8.26. The van der Waals surface area contributed by atoms with Gasteiger partial charge >= 0.3 is 0 Å². The molecule has 1 aromatic carbocycles. The van der Waals surface area contributed by atoms with Gasteiger partial charge in [-0.3, -0.25) is 4.79 Å². The van der Waals surface area contributed by atoms with Gasteiger partial charge in [-0.25, -0.2) is 0 Å². The molecule has 1 aromatic rings. The minimum atomic E-state index is -0.111. The van der Waals surface area contributed by atoms with Crippen molar-refractivity contribution < 1.29 is 9.53 Å². The molecule has 2 N–H and O–H groups in total. The van der Waals surface area contributed by atoms with Gasteiger partial charge < -0.3 is 15.4 Å². The summed E-state index contributed by atoms with van der Waals surface area (Å²) in [5, 5.41) is 6.33. The first-order chi connectivity index (χ1) is 9.59. The van der Waals surface area contributed by atoms with Crippen molar-refractivity contribution in [1.29, 1.82) is 0 Å². The molecule has 0 aliphatic carbocycles. The Hall–Kier alpha value is -1.10. The lowest BCUT2D eigenvalue weighted by molar-refractivity contribution is -0.115. The summed E-state index contributed by atoms with van der Waals surface area (Å²) in [5.41, 5.74) is 0.633. The summed E-state index contributed by atoms with van der Waals surface area (Å²) in [4.78, 5) is 11.7. The number of anilines is 1. The third kappa shape index (κ3) is 7.48. The van der Waals surface area contributed by atoms with Crippen molar-refractivity contribution in [2.75, 3.05) is 31.6 Å². The molecule has 1 amide bonds. The molecule has 0 aliphatic heterocycles. The van der Waals surface area contributed by atoms with Gasteiger partial charge in [0, 0.05) is 13.2 Å². The van der Waals surface area contributed by atoms with E-state index in [9.17, 15) is 4.79 Å². The summed E-state index contributed by atoms with van der Waals surface area (Å²) in [5.74, 6) is 0.546. The van der Waals surface area contributed by atoms with Gasteiger partial charge in [0.1, 0.15) is 0 Å².